The van der Waals surface area contributed by atoms with Gasteiger partial charge < -0.3 is 0 Å². The van der Waals surface area contributed by atoms with Crippen LogP contribution in [-0.4, -0.2) is 9.97 Å². The monoisotopic (exact) mass is 576 g/mol. The van der Waals surface area contributed by atoms with Crippen molar-refractivity contribution in [1.29, 1.82) is 0 Å². The third-order valence-electron chi connectivity index (χ3n) is 9.14. The van der Waals surface area contributed by atoms with Crippen LogP contribution in [0, 0.1) is 0 Å². The van der Waals surface area contributed by atoms with Gasteiger partial charge in [0.2, 0.25) is 0 Å². The van der Waals surface area contributed by atoms with Gasteiger partial charge in [0.25, 0.3) is 0 Å². The van der Waals surface area contributed by atoms with Crippen LogP contribution in [0.5, 0.6) is 0 Å². The van der Waals surface area contributed by atoms with E-state index in [9.17, 15) is 0 Å². The Bertz CT molecular complexity index is 2090. The van der Waals surface area contributed by atoms with Crippen LogP contribution in [0.15, 0.2) is 158 Å². The van der Waals surface area contributed by atoms with Crippen LogP contribution >= 0.6 is 0 Å². The Morgan fingerprint density at radius 2 is 0.800 bits per heavy atom. The van der Waals surface area contributed by atoms with Gasteiger partial charge in [0.15, 0.2) is 5.82 Å². The van der Waals surface area contributed by atoms with Crippen LogP contribution in [-0.2, 0) is 5.41 Å². The lowest BCUT2D eigenvalue weighted by Gasteiger charge is -2.22. The van der Waals surface area contributed by atoms with E-state index in [2.05, 4.69) is 135 Å². The molecule has 214 valence electrons. The minimum atomic E-state index is -0.00296. The summed E-state index contributed by atoms with van der Waals surface area (Å²) in [4.78, 5) is 9.91. The van der Waals surface area contributed by atoms with E-state index in [1.165, 1.54) is 44.5 Å². The van der Waals surface area contributed by atoms with Gasteiger partial charge >= 0.3 is 0 Å². The summed E-state index contributed by atoms with van der Waals surface area (Å²) in [5.41, 5.74) is 15.3. The predicted octanol–water partition coefficient (Wildman–Crippen LogP) is 11.1. The first-order valence-electron chi connectivity index (χ1n) is 15.5. The SMILES string of the molecule is CC1(C)c2ccccc2-c2ccc(-c3ccc(-c4ccc(-c5cc(-c6ccccc6)nc(-c6ccccc6)n5)cc4)cc3)cc21. The van der Waals surface area contributed by atoms with E-state index in [4.69, 9.17) is 9.97 Å². The van der Waals surface area contributed by atoms with Crippen LogP contribution in [0.3, 0.4) is 0 Å². The Morgan fingerprint density at radius 3 is 1.42 bits per heavy atom. The topological polar surface area (TPSA) is 25.8 Å². The summed E-state index contributed by atoms with van der Waals surface area (Å²) in [7, 11) is 0. The molecule has 1 heterocycles. The van der Waals surface area contributed by atoms with Crippen LogP contribution < -0.4 is 0 Å². The van der Waals surface area contributed by atoms with Crippen molar-refractivity contribution in [3.05, 3.63) is 169 Å². The third kappa shape index (κ3) is 4.85. The number of hydrogen-bond acceptors (Lipinski definition) is 2. The number of rotatable bonds is 5. The van der Waals surface area contributed by atoms with Crippen molar-refractivity contribution in [2.75, 3.05) is 0 Å². The van der Waals surface area contributed by atoms with E-state index < -0.39 is 0 Å². The van der Waals surface area contributed by atoms with Crippen molar-refractivity contribution < 1.29 is 0 Å². The minimum Gasteiger partial charge on any atom is -0.228 e. The molecule has 7 aromatic rings. The molecular weight excluding hydrogens is 544 g/mol. The van der Waals surface area contributed by atoms with Gasteiger partial charge in [-0.05, 0) is 56.6 Å². The summed E-state index contributed by atoms with van der Waals surface area (Å²) < 4.78 is 0. The van der Waals surface area contributed by atoms with Gasteiger partial charge in [0, 0.05) is 22.1 Å². The van der Waals surface area contributed by atoms with Gasteiger partial charge in [0.05, 0.1) is 11.4 Å². The fourth-order valence-corrected chi connectivity index (χ4v) is 6.64. The highest BCUT2D eigenvalue weighted by Crippen LogP contribution is 2.49. The zero-order valence-electron chi connectivity index (χ0n) is 25.4. The molecule has 0 saturated carbocycles. The maximum absolute atomic E-state index is 4.98. The molecule has 0 saturated heterocycles. The quantitative estimate of drug-likeness (QED) is 0.204. The van der Waals surface area contributed by atoms with Gasteiger partial charge in [-0.3, -0.25) is 0 Å². The molecule has 1 aliphatic rings. The highest BCUT2D eigenvalue weighted by molar-refractivity contribution is 5.84. The van der Waals surface area contributed by atoms with Crippen LogP contribution in [0.4, 0.5) is 0 Å². The van der Waals surface area contributed by atoms with Crippen molar-refractivity contribution in [3.63, 3.8) is 0 Å². The second-order valence-electron chi connectivity index (χ2n) is 12.3. The third-order valence-corrected chi connectivity index (χ3v) is 9.14. The number of benzene rings is 6. The van der Waals surface area contributed by atoms with E-state index in [1.54, 1.807) is 0 Å². The van der Waals surface area contributed by atoms with Gasteiger partial charge in [-0.1, -0.05) is 159 Å². The van der Waals surface area contributed by atoms with Crippen LogP contribution in [0.1, 0.15) is 25.0 Å². The van der Waals surface area contributed by atoms with Crippen LogP contribution in [0.2, 0.25) is 0 Å². The van der Waals surface area contributed by atoms with E-state index in [0.717, 1.165) is 33.9 Å². The molecule has 0 atom stereocenters. The maximum Gasteiger partial charge on any atom is 0.160 e. The molecule has 2 nitrogen and oxygen atoms in total. The maximum atomic E-state index is 4.98. The number of fused-ring (bicyclic) bond motifs is 3. The largest absolute Gasteiger partial charge is 0.228 e. The average molecular weight is 577 g/mol. The van der Waals surface area contributed by atoms with Crippen molar-refractivity contribution in [2.45, 2.75) is 19.3 Å². The van der Waals surface area contributed by atoms with E-state index in [1.807, 2.05) is 36.4 Å². The standard InChI is InChI=1S/C43H32N2/c1-43(2)38-16-10-9-15-36(38)37-26-25-35(27-39(37)43)31-19-17-29(18-20-31)30-21-23-33(24-22-30)41-28-40(32-11-5-3-6-12-32)44-42(45-41)34-13-7-4-8-14-34/h3-28H,1-2H3. The number of hydrogen-bond donors (Lipinski definition) is 0. The smallest absolute Gasteiger partial charge is 0.160 e. The second-order valence-corrected chi connectivity index (χ2v) is 12.3. The second kappa shape index (κ2) is 10.8. The van der Waals surface area contributed by atoms with E-state index in [-0.39, 0.29) is 5.41 Å². The van der Waals surface area contributed by atoms with Gasteiger partial charge in [-0.2, -0.15) is 0 Å². The molecule has 0 N–H and O–H groups in total. The normalized spacial score (nSPS) is 12.8. The molecule has 8 rings (SSSR count). The molecule has 0 aliphatic heterocycles. The Morgan fingerprint density at radius 1 is 0.356 bits per heavy atom. The fraction of sp³-hybridized carbons (Fsp3) is 0.0698. The molecule has 0 fully saturated rings. The van der Waals surface area contributed by atoms with Crippen LogP contribution in [0.25, 0.3) is 67.3 Å². The Hall–Kier alpha value is -5.60. The molecule has 0 radical (unpaired) electrons. The molecule has 0 bridgehead atoms. The highest BCUT2D eigenvalue weighted by atomic mass is 14.9. The first-order valence-corrected chi connectivity index (χ1v) is 15.5. The molecule has 1 aliphatic carbocycles. The molecule has 1 aromatic heterocycles. The summed E-state index contributed by atoms with van der Waals surface area (Å²) in [6, 6.07) is 55.9. The van der Waals surface area contributed by atoms with E-state index >= 15 is 0 Å². The Labute approximate surface area is 264 Å². The van der Waals surface area contributed by atoms with Crippen molar-refractivity contribution in [2.24, 2.45) is 0 Å². The predicted molar refractivity (Wildman–Crippen MR) is 187 cm³/mol. The molecule has 0 amide bonds. The Kier molecular flexibility index (Phi) is 6.50. The lowest BCUT2D eigenvalue weighted by Crippen LogP contribution is -2.14. The number of aromatic nitrogens is 2. The lowest BCUT2D eigenvalue weighted by molar-refractivity contribution is 0.660. The molecular formula is C43H32N2. The molecule has 0 unspecified atom stereocenters. The molecule has 6 aromatic carbocycles. The summed E-state index contributed by atoms with van der Waals surface area (Å²) in [5.74, 6) is 0.727. The fourth-order valence-electron chi connectivity index (χ4n) is 6.64. The summed E-state index contributed by atoms with van der Waals surface area (Å²) >= 11 is 0. The van der Waals surface area contributed by atoms with Crippen molar-refractivity contribution in [3.8, 4) is 67.3 Å². The first-order chi connectivity index (χ1) is 22.0. The van der Waals surface area contributed by atoms with Crippen molar-refractivity contribution in [1.82, 2.24) is 9.97 Å². The molecule has 2 heteroatoms. The lowest BCUT2D eigenvalue weighted by atomic mass is 9.81. The zero-order valence-corrected chi connectivity index (χ0v) is 25.4. The van der Waals surface area contributed by atoms with Crippen molar-refractivity contribution >= 4 is 0 Å². The average Bonchev–Trinajstić information content (AvgIpc) is 3.34. The Balaban J connectivity index is 1.09. The molecule has 0 spiro atoms. The first kappa shape index (κ1) is 27.0. The highest BCUT2D eigenvalue weighted by Gasteiger charge is 2.35. The van der Waals surface area contributed by atoms with Gasteiger partial charge in [0.1, 0.15) is 0 Å². The summed E-state index contributed by atoms with van der Waals surface area (Å²) in [6.45, 7) is 4.67. The minimum absolute atomic E-state index is 0.00296. The van der Waals surface area contributed by atoms with Gasteiger partial charge in [-0.25, -0.2) is 9.97 Å². The summed E-state index contributed by atoms with van der Waals surface area (Å²) in [5, 5.41) is 0. The molecule has 45 heavy (non-hydrogen) atoms. The van der Waals surface area contributed by atoms with Gasteiger partial charge in [-0.15, -0.1) is 0 Å². The zero-order chi connectivity index (χ0) is 30.4. The number of nitrogens with zero attached hydrogens (tertiary/aromatic N) is 2. The summed E-state index contributed by atoms with van der Waals surface area (Å²) in [6.07, 6.45) is 0. The van der Waals surface area contributed by atoms with E-state index in [0.29, 0.717) is 0 Å².